The number of aliphatic hydroxyl groups is 1. The molecule has 170 valence electrons. The minimum atomic E-state index is -0.889. The maximum atomic E-state index is 12.5. The summed E-state index contributed by atoms with van der Waals surface area (Å²) in [5.74, 6) is -0.0295. The summed E-state index contributed by atoms with van der Waals surface area (Å²) in [5.41, 5.74) is 5.36. The number of nitrogens with zero attached hydrogens (tertiary/aromatic N) is 3. The summed E-state index contributed by atoms with van der Waals surface area (Å²) in [6, 6.07) is 9.84. The molecule has 8 heteroatoms. The Kier molecular flexibility index (Phi) is 5.17. The van der Waals surface area contributed by atoms with Crippen LogP contribution in [0.5, 0.6) is 0 Å². The zero-order chi connectivity index (χ0) is 23.2. The zero-order valence-corrected chi connectivity index (χ0v) is 18.9. The van der Waals surface area contributed by atoms with Crippen molar-refractivity contribution in [2.45, 2.75) is 45.3 Å². The molecule has 0 aliphatic heterocycles. The lowest BCUT2D eigenvalue weighted by atomic mass is 10.0. The Balaban J connectivity index is 1.56. The number of carbonyl (C=O) groups is 1. The Bertz CT molecular complexity index is 1310. The van der Waals surface area contributed by atoms with Crippen molar-refractivity contribution in [1.29, 1.82) is 0 Å². The topological polar surface area (TPSA) is 105 Å². The molecule has 0 atom stereocenters. The second kappa shape index (κ2) is 8.04. The van der Waals surface area contributed by atoms with Crippen molar-refractivity contribution in [3.63, 3.8) is 0 Å². The average molecular weight is 446 g/mol. The summed E-state index contributed by atoms with van der Waals surface area (Å²) < 4.78 is 7.04. The van der Waals surface area contributed by atoms with Gasteiger partial charge in [0.15, 0.2) is 5.65 Å². The fourth-order valence-corrected chi connectivity index (χ4v) is 3.73. The lowest BCUT2D eigenvalue weighted by molar-refractivity contribution is 0.0940. The van der Waals surface area contributed by atoms with E-state index < -0.39 is 5.60 Å². The maximum absolute atomic E-state index is 12.5. The third kappa shape index (κ3) is 4.47. The fraction of sp³-hybridized carbons (Fsp3) is 0.320. The minimum Gasteiger partial charge on any atom is -0.472 e. The molecule has 0 saturated heterocycles. The molecule has 0 unspecified atom stereocenters. The van der Waals surface area contributed by atoms with Crippen molar-refractivity contribution in [2.75, 3.05) is 11.9 Å². The van der Waals surface area contributed by atoms with Crippen molar-refractivity contribution in [1.82, 2.24) is 19.9 Å². The molecule has 3 N–H and O–H groups in total. The SMILES string of the molecule is Cc1cc(-c2cnc3c(NCC(C)(C)O)cc(-c4ccoc4)nn23)ccc1C(=O)NC1CC1. The van der Waals surface area contributed by atoms with Gasteiger partial charge in [-0.1, -0.05) is 6.07 Å². The summed E-state index contributed by atoms with van der Waals surface area (Å²) in [4.78, 5) is 17.1. The van der Waals surface area contributed by atoms with E-state index in [4.69, 9.17) is 9.52 Å². The van der Waals surface area contributed by atoms with E-state index in [1.165, 1.54) is 0 Å². The second-order valence-electron chi connectivity index (χ2n) is 9.28. The average Bonchev–Trinajstić information content (AvgIpc) is 3.24. The zero-order valence-electron chi connectivity index (χ0n) is 18.9. The van der Waals surface area contributed by atoms with Crippen molar-refractivity contribution >= 4 is 17.2 Å². The van der Waals surface area contributed by atoms with Gasteiger partial charge in [-0.3, -0.25) is 4.79 Å². The van der Waals surface area contributed by atoms with E-state index in [0.29, 0.717) is 29.5 Å². The molecule has 4 aromatic rings. The Morgan fingerprint density at radius 2 is 2.06 bits per heavy atom. The Morgan fingerprint density at radius 3 is 2.73 bits per heavy atom. The first-order valence-electron chi connectivity index (χ1n) is 11.1. The van der Waals surface area contributed by atoms with Gasteiger partial charge in [0.25, 0.3) is 5.91 Å². The fourth-order valence-electron chi connectivity index (χ4n) is 3.73. The van der Waals surface area contributed by atoms with E-state index in [2.05, 4.69) is 15.6 Å². The first kappa shape index (κ1) is 21.2. The molecule has 1 aliphatic rings. The van der Waals surface area contributed by atoms with Crippen LogP contribution in [0.3, 0.4) is 0 Å². The van der Waals surface area contributed by atoms with E-state index in [0.717, 1.165) is 40.9 Å². The number of furan rings is 1. The lowest BCUT2D eigenvalue weighted by Crippen LogP contribution is -2.29. The molecule has 1 amide bonds. The Hall–Kier alpha value is -3.65. The number of benzene rings is 1. The van der Waals surface area contributed by atoms with Gasteiger partial charge < -0.3 is 20.2 Å². The number of anilines is 1. The quantitative estimate of drug-likeness (QED) is 0.397. The highest BCUT2D eigenvalue weighted by atomic mass is 16.3. The first-order valence-corrected chi connectivity index (χ1v) is 11.1. The summed E-state index contributed by atoms with van der Waals surface area (Å²) in [6.07, 6.45) is 7.13. The number of aromatic nitrogens is 3. The van der Waals surface area contributed by atoms with Crippen molar-refractivity contribution in [3.8, 4) is 22.5 Å². The lowest BCUT2D eigenvalue weighted by Gasteiger charge is -2.19. The number of amides is 1. The minimum absolute atomic E-state index is 0.0295. The molecule has 1 saturated carbocycles. The molecule has 1 fully saturated rings. The molecule has 5 rings (SSSR count). The molecule has 1 aliphatic carbocycles. The van der Waals surface area contributed by atoms with Gasteiger partial charge in [-0.15, -0.1) is 0 Å². The number of imidazole rings is 1. The van der Waals surface area contributed by atoms with Crippen LogP contribution in [-0.4, -0.2) is 43.8 Å². The van der Waals surface area contributed by atoms with Crippen LogP contribution < -0.4 is 10.6 Å². The van der Waals surface area contributed by atoms with Crippen LogP contribution in [0.25, 0.3) is 28.2 Å². The number of nitrogens with one attached hydrogen (secondary N) is 2. The third-order valence-electron chi connectivity index (χ3n) is 5.68. The normalized spacial score (nSPS) is 13.9. The summed E-state index contributed by atoms with van der Waals surface area (Å²) >= 11 is 0. The smallest absolute Gasteiger partial charge is 0.251 e. The standard InChI is InChI=1S/C25H27N5O3/c1-15-10-16(4-7-19(15)24(31)28-18-5-6-18)22-12-26-23-21(27-14-25(2,3)32)11-20(29-30(22)23)17-8-9-33-13-17/h4,7-13,18,27,32H,5-6,14H2,1-3H3,(H,28,31). The molecule has 8 nitrogen and oxygen atoms in total. The monoisotopic (exact) mass is 445 g/mol. The number of fused-ring (bicyclic) bond motifs is 1. The summed E-state index contributed by atoms with van der Waals surface area (Å²) in [7, 11) is 0. The van der Waals surface area contributed by atoms with Gasteiger partial charge >= 0.3 is 0 Å². The van der Waals surface area contributed by atoms with E-state index in [1.54, 1.807) is 37.1 Å². The molecular weight excluding hydrogens is 418 g/mol. The van der Waals surface area contributed by atoms with Gasteiger partial charge in [0.1, 0.15) is 0 Å². The number of aryl methyl sites for hydroxylation is 1. The van der Waals surface area contributed by atoms with E-state index in [1.807, 2.05) is 37.3 Å². The summed E-state index contributed by atoms with van der Waals surface area (Å²) in [5, 5.41) is 21.3. The highest BCUT2D eigenvalue weighted by Crippen LogP contribution is 2.30. The van der Waals surface area contributed by atoms with Crippen LogP contribution in [0.4, 0.5) is 5.69 Å². The molecule has 33 heavy (non-hydrogen) atoms. The van der Waals surface area contributed by atoms with Crippen LogP contribution in [0.15, 0.2) is 53.5 Å². The molecule has 0 spiro atoms. The van der Waals surface area contributed by atoms with Crippen molar-refractivity contribution in [2.24, 2.45) is 0 Å². The predicted molar refractivity (Wildman–Crippen MR) is 126 cm³/mol. The number of carbonyl (C=O) groups excluding carboxylic acids is 1. The second-order valence-corrected chi connectivity index (χ2v) is 9.28. The van der Waals surface area contributed by atoms with Gasteiger partial charge in [-0.25, -0.2) is 9.50 Å². The van der Waals surface area contributed by atoms with E-state index in [-0.39, 0.29) is 5.91 Å². The van der Waals surface area contributed by atoms with Crippen molar-refractivity contribution in [3.05, 3.63) is 60.2 Å². The first-order chi connectivity index (χ1) is 15.8. The van der Waals surface area contributed by atoms with Gasteiger partial charge in [-0.2, -0.15) is 5.10 Å². The predicted octanol–water partition coefficient (Wildman–Crippen LogP) is 4.04. The number of hydrogen-bond donors (Lipinski definition) is 3. The molecule has 0 radical (unpaired) electrons. The van der Waals surface area contributed by atoms with Gasteiger partial charge in [-0.05, 0) is 63.4 Å². The molecular formula is C25H27N5O3. The highest BCUT2D eigenvalue weighted by Gasteiger charge is 2.24. The van der Waals surface area contributed by atoms with Crippen LogP contribution in [-0.2, 0) is 0 Å². The van der Waals surface area contributed by atoms with Crippen molar-refractivity contribution < 1.29 is 14.3 Å². The van der Waals surface area contributed by atoms with E-state index >= 15 is 0 Å². The largest absolute Gasteiger partial charge is 0.472 e. The highest BCUT2D eigenvalue weighted by molar-refractivity contribution is 5.96. The third-order valence-corrected chi connectivity index (χ3v) is 5.68. The Morgan fingerprint density at radius 1 is 1.24 bits per heavy atom. The summed E-state index contributed by atoms with van der Waals surface area (Å²) in [6.45, 7) is 5.78. The van der Waals surface area contributed by atoms with Crippen LogP contribution in [0, 0.1) is 6.92 Å². The van der Waals surface area contributed by atoms with Gasteiger partial charge in [0.2, 0.25) is 0 Å². The van der Waals surface area contributed by atoms with E-state index in [9.17, 15) is 9.90 Å². The molecule has 3 heterocycles. The number of hydrogen-bond acceptors (Lipinski definition) is 6. The molecule has 3 aromatic heterocycles. The van der Waals surface area contributed by atoms with Crippen LogP contribution >= 0.6 is 0 Å². The molecule has 1 aromatic carbocycles. The van der Waals surface area contributed by atoms with Crippen LogP contribution in [0.2, 0.25) is 0 Å². The number of rotatable bonds is 7. The van der Waals surface area contributed by atoms with Crippen LogP contribution in [0.1, 0.15) is 42.6 Å². The van der Waals surface area contributed by atoms with Gasteiger partial charge in [0.05, 0.1) is 41.4 Å². The maximum Gasteiger partial charge on any atom is 0.251 e. The Labute approximate surface area is 191 Å². The van der Waals surface area contributed by atoms with Gasteiger partial charge in [0, 0.05) is 29.3 Å². The molecule has 0 bridgehead atoms.